The number of hydrogen-bond acceptors (Lipinski definition) is 6. The number of aryl methyl sites for hydroxylation is 2. The van der Waals surface area contributed by atoms with Gasteiger partial charge in [0.2, 0.25) is 5.91 Å². The molecule has 144 valence electrons. The maximum Gasteiger partial charge on any atom is 0.270 e. The van der Waals surface area contributed by atoms with Gasteiger partial charge in [-0.2, -0.15) is 0 Å². The second-order valence-electron chi connectivity index (χ2n) is 7.56. The van der Waals surface area contributed by atoms with Crippen LogP contribution in [0, 0.1) is 13.8 Å². The average Bonchev–Trinajstić information content (AvgIpc) is 3.34. The highest BCUT2D eigenvalue weighted by atomic mass is 32.1. The van der Waals surface area contributed by atoms with Gasteiger partial charge in [0.15, 0.2) is 0 Å². The highest BCUT2D eigenvalue weighted by Crippen LogP contribution is 2.43. The molecule has 1 N–H and O–H groups in total. The van der Waals surface area contributed by atoms with Crippen LogP contribution < -0.4 is 5.32 Å². The fourth-order valence-corrected chi connectivity index (χ4v) is 5.52. The SMILES string of the molecule is Cc1nc(CN2C(=O)CCC23CCC(NC(=O)c2csc(C)n2)CC3)cs1. The van der Waals surface area contributed by atoms with Gasteiger partial charge in [0.1, 0.15) is 5.69 Å². The molecule has 2 aliphatic rings. The van der Waals surface area contributed by atoms with E-state index in [4.69, 9.17) is 0 Å². The van der Waals surface area contributed by atoms with E-state index in [1.54, 1.807) is 11.3 Å². The molecule has 0 unspecified atom stereocenters. The van der Waals surface area contributed by atoms with Crippen molar-refractivity contribution >= 4 is 34.5 Å². The van der Waals surface area contributed by atoms with Gasteiger partial charge in [0.05, 0.1) is 22.3 Å². The van der Waals surface area contributed by atoms with Crippen molar-refractivity contribution in [3.63, 3.8) is 0 Å². The van der Waals surface area contributed by atoms with Crippen LogP contribution in [0.4, 0.5) is 0 Å². The number of carbonyl (C=O) groups is 2. The Labute approximate surface area is 167 Å². The Morgan fingerprint density at radius 1 is 1.19 bits per heavy atom. The van der Waals surface area contributed by atoms with Gasteiger partial charge >= 0.3 is 0 Å². The first-order chi connectivity index (χ1) is 12.9. The highest BCUT2D eigenvalue weighted by molar-refractivity contribution is 7.09. The van der Waals surface area contributed by atoms with Crippen molar-refractivity contribution in [2.75, 3.05) is 0 Å². The minimum Gasteiger partial charge on any atom is -0.348 e. The summed E-state index contributed by atoms with van der Waals surface area (Å²) in [4.78, 5) is 35.8. The molecule has 1 saturated heterocycles. The highest BCUT2D eigenvalue weighted by Gasteiger charge is 2.47. The summed E-state index contributed by atoms with van der Waals surface area (Å²) in [7, 11) is 0. The Balaban J connectivity index is 1.39. The lowest BCUT2D eigenvalue weighted by atomic mass is 9.77. The molecule has 2 amide bonds. The number of hydrogen-bond donors (Lipinski definition) is 1. The predicted molar refractivity (Wildman–Crippen MR) is 106 cm³/mol. The lowest BCUT2D eigenvalue weighted by Gasteiger charge is -2.43. The third-order valence-corrected chi connectivity index (χ3v) is 7.36. The normalized spacial score (nSPS) is 25.3. The van der Waals surface area contributed by atoms with E-state index in [0.717, 1.165) is 47.8 Å². The van der Waals surface area contributed by atoms with Crippen molar-refractivity contribution in [1.29, 1.82) is 0 Å². The Morgan fingerprint density at radius 3 is 2.52 bits per heavy atom. The molecule has 2 aromatic heterocycles. The second-order valence-corrected chi connectivity index (χ2v) is 9.69. The number of rotatable bonds is 4. The summed E-state index contributed by atoms with van der Waals surface area (Å²) in [6.45, 7) is 4.51. The summed E-state index contributed by atoms with van der Waals surface area (Å²) < 4.78 is 0. The molecule has 1 spiro atoms. The summed E-state index contributed by atoms with van der Waals surface area (Å²) in [6.07, 6.45) is 5.20. The molecular weight excluding hydrogens is 380 g/mol. The first kappa shape index (κ1) is 18.6. The smallest absolute Gasteiger partial charge is 0.270 e. The topological polar surface area (TPSA) is 75.2 Å². The molecule has 4 rings (SSSR count). The molecule has 3 heterocycles. The van der Waals surface area contributed by atoms with Crippen LogP contribution in [0.2, 0.25) is 0 Å². The van der Waals surface area contributed by atoms with Crippen LogP contribution in [-0.4, -0.2) is 38.3 Å². The molecule has 1 aliphatic heterocycles. The van der Waals surface area contributed by atoms with E-state index in [2.05, 4.69) is 25.6 Å². The zero-order valence-corrected chi connectivity index (χ0v) is 17.3. The molecule has 2 fully saturated rings. The van der Waals surface area contributed by atoms with Crippen molar-refractivity contribution in [3.05, 3.63) is 32.2 Å². The first-order valence-corrected chi connectivity index (χ1v) is 11.2. The molecule has 2 aromatic rings. The van der Waals surface area contributed by atoms with Gasteiger partial charge < -0.3 is 10.2 Å². The van der Waals surface area contributed by atoms with E-state index in [-0.39, 0.29) is 23.4 Å². The molecule has 0 atom stereocenters. The van der Waals surface area contributed by atoms with Crippen molar-refractivity contribution in [2.45, 2.75) is 70.5 Å². The number of thiazole rings is 2. The van der Waals surface area contributed by atoms with Gasteiger partial charge in [-0.15, -0.1) is 22.7 Å². The maximum absolute atomic E-state index is 12.5. The summed E-state index contributed by atoms with van der Waals surface area (Å²) in [5, 5.41) is 8.92. The number of aromatic nitrogens is 2. The largest absolute Gasteiger partial charge is 0.348 e. The molecule has 6 nitrogen and oxygen atoms in total. The quantitative estimate of drug-likeness (QED) is 0.847. The number of carbonyl (C=O) groups excluding carboxylic acids is 2. The molecule has 8 heteroatoms. The van der Waals surface area contributed by atoms with Crippen LogP contribution >= 0.6 is 22.7 Å². The zero-order chi connectivity index (χ0) is 19.0. The van der Waals surface area contributed by atoms with Crippen LogP contribution in [0.25, 0.3) is 0 Å². The third-order valence-electron chi connectivity index (χ3n) is 5.77. The molecular formula is C19H24N4O2S2. The van der Waals surface area contributed by atoms with Gasteiger partial charge in [0.25, 0.3) is 5.91 Å². The van der Waals surface area contributed by atoms with Crippen molar-refractivity contribution < 1.29 is 9.59 Å². The third kappa shape index (κ3) is 3.78. The standard InChI is InChI=1S/C19H24N4O2S2/c1-12-20-15(10-26-12)9-23-17(24)5-8-19(23)6-3-14(4-7-19)22-18(25)16-11-27-13(2)21-16/h10-11,14H,3-9H2,1-2H3,(H,22,25). The fraction of sp³-hybridized carbons (Fsp3) is 0.579. The summed E-state index contributed by atoms with van der Waals surface area (Å²) >= 11 is 3.12. The van der Waals surface area contributed by atoms with Crippen LogP contribution in [0.3, 0.4) is 0 Å². The maximum atomic E-state index is 12.5. The number of nitrogens with one attached hydrogen (secondary N) is 1. The molecule has 1 aliphatic carbocycles. The number of amides is 2. The number of likely N-dealkylation sites (tertiary alicyclic amines) is 1. The number of nitrogens with zero attached hydrogens (tertiary/aromatic N) is 3. The summed E-state index contributed by atoms with van der Waals surface area (Å²) in [5.74, 6) is 0.152. The van der Waals surface area contributed by atoms with Gasteiger partial charge in [-0.1, -0.05) is 0 Å². The second kappa shape index (κ2) is 7.31. The van der Waals surface area contributed by atoms with E-state index in [0.29, 0.717) is 18.7 Å². The minimum atomic E-state index is -0.0856. The Morgan fingerprint density at radius 2 is 1.89 bits per heavy atom. The minimum absolute atomic E-state index is 0.0624. The van der Waals surface area contributed by atoms with E-state index < -0.39 is 0 Å². The molecule has 27 heavy (non-hydrogen) atoms. The van der Waals surface area contributed by atoms with Crippen molar-refractivity contribution in [3.8, 4) is 0 Å². The molecule has 1 saturated carbocycles. The molecule has 0 bridgehead atoms. The van der Waals surface area contributed by atoms with Crippen LogP contribution in [0.5, 0.6) is 0 Å². The monoisotopic (exact) mass is 404 g/mol. The predicted octanol–water partition coefficient (Wildman–Crippen LogP) is 3.45. The lowest BCUT2D eigenvalue weighted by Crippen LogP contribution is -2.51. The fourth-order valence-electron chi connectivity index (χ4n) is 4.32. The van der Waals surface area contributed by atoms with Gasteiger partial charge in [-0.25, -0.2) is 9.97 Å². The van der Waals surface area contributed by atoms with Gasteiger partial charge in [0, 0.05) is 28.8 Å². The van der Waals surface area contributed by atoms with E-state index in [9.17, 15) is 9.59 Å². The van der Waals surface area contributed by atoms with Crippen molar-refractivity contribution in [2.24, 2.45) is 0 Å². The van der Waals surface area contributed by atoms with Crippen LogP contribution in [-0.2, 0) is 11.3 Å². The average molecular weight is 405 g/mol. The van der Waals surface area contributed by atoms with Crippen LogP contribution in [0.1, 0.15) is 64.7 Å². The van der Waals surface area contributed by atoms with Crippen LogP contribution in [0.15, 0.2) is 10.8 Å². The lowest BCUT2D eigenvalue weighted by molar-refractivity contribution is -0.133. The Bertz CT molecular complexity index is 852. The molecule has 0 aromatic carbocycles. The summed E-state index contributed by atoms with van der Waals surface area (Å²) in [6, 6.07) is 0.157. The van der Waals surface area contributed by atoms with E-state index in [1.165, 1.54) is 11.3 Å². The van der Waals surface area contributed by atoms with Gasteiger partial charge in [-0.3, -0.25) is 9.59 Å². The summed E-state index contributed by atoms with van der Waals surface area (Å²) in [5.41, 5.74) is 1.43. The van der Waals surface area contributed by atoms with Crippen molar-refractivity contribution in [1.82, 2.24) is 20.2 Å². The first-order valence-electron chi connectivity index (χ1n) is 9.40. The van der Waals surface area contributed by atoms with E-state index >= 15 is 0 Å². The van der Waals surface area contributed by atoms with E-state index in [1.807, 2.05) is 19.2 Å². The van der Waals surface area contributed by atoms with Gasteiger partial charge in [-0.05, 0) is 46.0 Å². The molecule has 0 radical (unpaired) electrons. The zero-order valence-electron chi connectivity index (χ0n) is 15.7. The Hall–Kier alpha value is -1.80. The Kier molecular flexibility index (Phi) is 5.03.